The number of nitrogens with zero attached hydrogens (tertiary/aromatic N) is 4. The maximum atomic E-state index is 11.8. The van der Waals surface area contributed by atoms with Gasteiger partial charge in [-0.3, -0.25) is 9.48 Å². The molecule has 8 heteroatoms. The number of carbonyl (C=O) groups is 1. The smallest absolute Gasteiger partial charge is 0.279 e. The Morgan fingerprint density at radius 3 is 2.94 bits per heavy atom. The van der Waals surface area contributed by atoms with Crippen LogP contribution in [0.1, 0.15) is 10.5 Å². The molecule has 17 heavy (non-hydrogen) atoms. The van der Waals surface area contributed by atoms with E-state index in [0.717, 1.165) is 0 Å². The van der Waals surface area contributed by atoms with Crippen LogP contribution in [0.3, 0.4) is 0 Å². The number of rotatable bonds is 2. The van der Waals surface area contributed by atoms with Gasteiger partial charge in [-0.05, 0) is 17.7 Å². The van der Waals surface area contributed by atoms with E-state index in [0.29, 0.717) is 11.5 Å². The quantitative estimate of drug-likeness (QED) is 0.767. The summed E-state index contributed by atoms with van der Waals surface area (Å²) in [6.07, 6.45) is 2.98. The fraction of sp³-hybridized carbons (Fsp3) is 0.111. The molecule has 2 aromatic rings. The predicted molar refractivity (Wildman–Crippen MR) is 62.6 cm³/mol. The van der Waals surface area contributed by atoms with E-state index < -0.39 is 5.91 Å². The Bertz CT molecular complexity index is 566. The average molecular weight is 253 g/mol. The number of halogens is 1. The van der Waals surface area contributed by atoms with Crippen LogP contribution in [-0.2, 0) is 7.05 Å². The van der Waals surface area contributed by atoms with Gasteiger partial charge in [-0.1, -0.05) is 0 Å². The number of aryl methyl sites for hydroxylation is 1. The zero-order valence-electron chi connectivity index (χ0n) is 8.88. The van der Waals surface area contributed by atoms with Crippen molar-refractivity contribution in [3.05, 3.63) is 29.4 Å². The van der Waals surface area contributed by atoms with E-state index in [1.807, 2.05) is 0 Å². The Labute approximate surface area is 102 Å². The fourth-order valence-corrected chi connectivity index (χ4v) is 1.41. The van der Waals surface area contributed by atoms with Crippen LogP contribution in [0.25, 0.3) is 0 Å². The standard InChI is InChI=1S/C9H9ClN6O/c1-16-4-5(11)7(15-16)8(17)13-6-2-3-12-9(10)14-6/h2-4H,11H2,1H3,(H,12,13,14,17). The average Bonchev–Trinajstić information content (AvgIpc) is 2.58. The van der Waals surface area contributed by atoms with Crippen LogP contribution in [0.2, 0.25) is 5.28 Å². The van der Waals surface area contributed by atoms with Gasteiger partial charge in [0.25, 0.3) is 5.91 Å². The molecule has 88 valence electrons. The Morgan fingerprint density at radius 1 is 1.59 bits per heavy atom. The van der Waals surface area contributed by atoms with Gasteiger partial charge in [0.05, 0.1) is 5.69 Å². The second-order valence-electron chi connectivity index (χ2n) is 3.27. The molecule has 2 heterocycles. The largest absolute Gasteiger partial charge is 0.396 e. The molecule has 2 rings (SSSR count). The van der Waals surface area contributed by atoms with Gasteiger partial charge in [0.2, 0.25) is 5.28 Å². The number of carbonyl (C=O) groups excluding carboxylic acids is 1. The molecule has 1 amide bonds. The molecule has 3 N–H and O–H groups in total. The lowest BCUT2D eigenvalue weighted by atomic mass is 10.3. The van der Waals surface area contributed by atoms with Crippen LogP contribution < -0.4 is 11.1 Å². The summed E-state index contributed by atoms with van der Waals surface area (Å²) < 4.78 is 1.46. The molecule has 0 aliphatic carbocycles. The SMILES string of the molecule is Cn1cc(N)c(C(=O)Nc2ccnc(Cl)n2)n1. The van der Waals surface area contributed by atoms with Crippen LogP contribution in [0.15, 0.2) is 18.5 Å². The number of anilines is 2. The number of amides is 1. The van der Waals surface area contributed by atoms with Crippen LogP contribution in [0, 0.1) is 0 Å². The van der Waals surface area contributed by atoms with E-state index in [2.05, 4.69) is 20.4 Å². The van der Waals surface area contributed by atoms with Crippen molar-refractivity contribution in [2.75, 3.05) is 11.1 Å². The molecule has 0 bridgehead atoms. The molecule has 0 radical (unpaired) electrons. The maximum Gasteiger partial charge on any atom is 0.279 e. The highest BCUT2D eigenvalue weighted by molar-refractivity contribution is 6.28. The number of hydrogen-bond donors (Lipinski definition) is 2. The van der Waals surface area contributed by atoms with E-state index >= 15 is 0 Å². The molecule has 2 aromatic heterocycles. The number of aromatic nitrogens is 4. The van der Waals surface area contributed by atoms with Crippen molar-refractivity contribution in [3.8, 4) is 0 Å². The van der Waals surface area contributed by atoms with Crippen LogP contribution in [0.4, 0.5) is 11.5 Å². The molecular weight excluding hydrogens is 244 g/mol. The molecule has 0 aliphatic rings. The summed E-state index contributed by atoms with van der Waals surface area (Å²) in [4.78, 5) is 19.3. The Hall–Kier alpha value is -2.15. The minimum atomic E-state index is -0.446. The van der Waals surface area contributed by atoms with E-state index in [1.165, 1.54) is 16.9 Å². The van der Waals surface area contributed by atoms with Crippen LogP contribution in [0.5, 0.6) is 0 Å². The van der Waals surface area contributed by atoms with E-state index in [9.17, 15) is 4.79 Å². The van der Waals surface area contributed by atoms with Crippen molar-refractivity contribution in [1.29, 1.82) is 0 Å². The molecule has 0 saturated heterocycles. The highest BCUT2D eigenvalue weighted by Crippen LogP contribution is 2.11. The first-order chi connectivity index (χ1) is 8.06. The lowest BCUT2D eigenvalue weighted by Gasteiger charge is -2.02. The third-order valence-corrected chi connectivity index (χ3v) is 2.12. The highest BCUT2D eigenvalue weighted by atomic mass is 35.5. The third kappa shape index (κ3) is 2.51. The normalized spacial score (nSPS) is 10.2. The summed E-state index contributed by atoms with van der Waals surface area (Å²) in [6.45, 7) is 0. The first kappa shape index (κ1) is 11.3. The predicted octanol–water partition coefficient (Wildman–Crippen LogP) is 0.698. The zero-order chi connectivity index (χ0) is 12.4. The minimum Gasteiger partial charge on any atom is -0.396 e. The van der Waals surface area contributed by atoms with Gasteiger partial charge in [0.15, 0.2) is 5.69 Å². The number of nitrogens with one attached hydrogen (secondary N) is 1. The number of hydrogen-bond acceptors (Lipinski definition) is 5. The summed E-state index contributed by atoms with van der Waals surface area (Å²) in [5.41, 5.74) is 6.06. The van der Waals surface area contributed by atoms with Gasteiger partial charge in [-0.2, -0.15) is 5.10 Å². The van der Waals surface area contributed by atoms with E-state index in [4.69, 9.17) is 17.3 Å². The molecule has 0 saturated carbocycles. The molecule has 0 atom stereocenters. The molecule has 0 aliphatic heterocycles. The lowest BCUT2D eigenvalue weighted by molar-refractivity contribution is 0.102. The van der Waals surface area contributed by atoms with Crippen molar-refractivity contribution in [1.82, 2.24) is 19.7 Å². The Morgan fingerprint density at radius 2 is 2.35 bits per heavy atom. The summed E-state index contributed by atoms with van der Waals surface area (Å²) in [5, 5.41) is 6.51. The van der Waals surface area contributed by atoms with Crippen molar-refractivity contribution in [3.63, 3.8) is 0 Å². The van der Waals surface area contributed by atoms with Crippen molar-refractivity contribution in [2.24, 2.45) is 7.05 Å². The van der Waals surface area contributed by atoms with Gasteiger partial charge < -0.3 is 11.1 Å². The van der Waals surface area contributed by atoms with Crippen molar-refractivity contribution < 1.29 is 4.79 Å². The second-order valence-corrected chi connectivity index (χ2v) is 3.61. The van der Waals surface area contributed by atoms with Crippen LogP contribution in [-0.4, -0.2) is 25.7 Å². The molecule has 7 nitrogen and oxygen atoms in total. The van der Waals surface area contributed by atoms with Gasteiger partial charge in [0, 0.05) is 19.4 Å². The minimum absolute atomic E-state index is 0.0526. The summed E-state index contributed by atoms with van der Waals surface area (Å²) >= 11 is 5.59. The van der Waals surface area contributed by atoms with Gasteiger partial charge >= 0.3 is 0 Å². The Balaban J connectivity index is 2.20. The van der Waals surface area contributed by atoms with Gasteiger partial charge in [0.1, 0.15) is 5.82 Å². The van der Waals surface area contributed by atoms with E-state index in [1.54, 1.807) is 13.2 Å². The molecule has 0 spiro atoms. The molecular formula is C9H9ClN6O. The lowest BCUT2D eigenvalue weighted by Crippen LogP contribution is -2.15. The highest BCUT2D eigenvalue weighted by Gasteiger charge is 2.14. The second kappa shape index (κ2) is 4.38. The van der Waals surface area contributed by atoms with Crippen molar-refractivity contribution in [2.45, 2.75) is 0 Å². The number of nitrogen functional groups attached to an aromatic ring is 1. The number of nitrogens with two attached hydrogens (primary N) is 1. The van der Waals surface area contributed by atoms with E-state index in [-0.39, 0.29) is 11.0 Å². The van der Waals surface area contributed by atoms with Crippen molar-refractivity contribution >= 4 is 29.0 Å². The Kier molecular flexibility index (Phi) is 2.92. The zero-order valence-corrected chi connectivity index (χ0v) is 9.64. The molecule has 0 fully saturated rings. The summed E-state index contributed by atoms with van der Waals surface area (Å²) in [5.74, 6) is -0.155. The molecule has 0 unspecified atom stereocenters. The maximum absolute atomic E-state index is 11.8. The van der Waals surface area contributed by atoms with Crippen LogP contribution >= 0.6 is 11.6 Å². The topological polar surface area (TPSA) is 98.7 Å². The monoisotopic (exact) mass is 252 g/mol. The summed E-state index contributed by atoms with van der Waals surface area (Å²) in [7, 11) is 1.68. The van der Waals surface area contributed by atoms with Gasteiger partial charge in [-0.15, -0.1) is 0 Å². The fourth-order valence-electron chi connectivity index (χ4n) is 1.26. The first-order valence-electron chi connectivity index (χ1n) is 4.65. The molecule has 0 aromatic carbocycles. The first-order valence-corrected chi connectivity index (χ1v) is 5.03. The van der Waals surface area contributed by atoms with Gasteiger partial charge in [-0.25, -0.2) is 9.97 Å². The summed E-state index contributed by atoms with van der Waals surface area (Å²) in [6, 6.07) is 1.52. The third-order valence-electron chi connectivity index (χ3n) is 1.94.